The Morgan fingerprint density at radius 1 is 0.846 bits per heavy atom. The Labute approximate surface area is 147 Å². The first-order valence-corrected chi connectivity index (χ1v) is 7.87. The second-order valence-corrected chi connectivity index (χ2v) is 5.93. The van der Waals surface area contributed by atoms with E-state index in [0.29, 0.717) is 11.3 Å². The predicted molar refractivity (Wildman–Crippen MR) is 91.4 cm³/mol. The fraction of sp³-hybridized carbons (Fsp3) is 0.105. The van der Waals surface area contributed by atoms with E-state index in [0.717, 1.165) is 21.7 Å². The number of aryl methyl sites for hydroxylation is 1. The summed E-state index contributed by atoms with van der Waals surface area (Å²) in [6.45, 7) is 1.94. The SMILES string of the molecule is Cc1ccc(-c2cc3nc(-c4ccncc4)cc(C(F)(F)F)n3n2)cc1. The lowest BCUT2D eigenvalue weighted by Gasteiger charge is -2.10. The summed E-state index contributed by atoms with van der Waals surface area (Å²) in [5.41, 5.74) is 2.30. The fourth-order valence-corrected chi connectivity index (χ4v) is 2.71. The van der Waals surface area contributed by atoms with Gasteiger partial charge in [-0.3, -0.25) is 4.98 Å². The van der Waals surface area contributed by atoms with Gasteiger partial charge in [-0.05, 0) is 25.1 Å². The largest absolute Gasteiger partial charge is 0.433 e. The quantitative estimate of drug-likeness (QED) is 0.520. The van der Waals surface area contributed by atoms with Gasteiger partial charge < -0.3 is 0 Å². The average molecular weight is 354 g/mol. The third-order valence-corrected chi connectivity index (χ3v) is 4.04. The normalized spacial score (nSPS) is 11.8. The Morgan fingerprint density at radius 3 is 2.15 bits per heavy atom. The van der Waals surface area contributed by atoms with Crippen LogP contribution in [0.1, 0.15) is 11.3 Å². The number of aromatic nitrogens is 4. The zero-order chi connectivity index (χ0) is 18.3. The van der Waals surface area contributed by atoms with Crippen molar-refractivity contribution in [3.63, 3.8) is 0 Å². The second kappa shape index (κ2) is 5.94. The van der Waals surface area contributed by atoms with E-state index in [1.165, 1.54) is 12.4 Å². The second-order valence-electron chi connectivity index (χ2n) is 5.93. The number of alkyl halides is 3. The standard InChI is InChI=1S/C19H13F3N4/c1-12-2-4-13(5-3-12)16-11-18-24-15(14-6-8-23-9-7-14)10-17(19(20,21)22)26(18)25-16/h2-11H,1H3. The van der Waals surface area contributed by atoms with Crippen LogP contribution in [0.2, 0.25) is 0 Å². The lowest BCUT2D eigenvalue weighted by atomic mass is 10.1. The summed E-state index contributed by atoms with van der Waals surface area (Å²) in [4.78, 5) is 8.24. The molecule has 0 aliphatic rings. The van der Waals surface area contributed by atoms with Crippen LogP contribution in [-0.4, -0.2) is 19.6 Å². The van der Waals surface area contributed by atoms with Crippen LogP contribution in [-0.2, 0) is 6.18 Å². The molecule has 0 bridgehead atoms. The first-order chi connectivity index (χ1) is 12.4. The third-order valence-electron chi connectivity index (χ3n) is 4.04. The van der Waals surface area contributed by atoms with Gasteiger partial charge in [0.25, 0.3) is 0 Å². The summed E-state index contributed by atoms with van der Waals surface area (Å²) in [6, 6.07) is 13.2. The summed E-state index contributed by atoms with van der Waals surface area (Å²) in [7, 11) is 0. The molecule has 0 aliphatic carbocycles. The molecule has 0 N–H and O–H groups in total. The zero-order valence-corrected chi connectivity index (χ0v) is 13.7. The molecule has 0 aliphatic heterocycles. The summed E-state index contributed by atoms with van der Waals surface area (Å²) < 4.78 is 41.6. The van der Waals surface area contributed by atoms with Crippen molar-refractivity contribution < 1.29 is 13.2 Å². The van der Waals surface area contributed by atoms with E-state index in [2.05, 4.69) is 15.1 Å². The maximum atomic E-state index is 13.6. The minimum Gasteiger partial charge on any atom is -0.265 e. The first kappa shape index (κ1) is 16.3. The number of fused-ring (bicyclic) bond motifs is 1. The van der Waals surface area contributed by atoms with Crippen LogP contribution < -0.4 is 0 Å². The van der Waals surface area contributed by atoms with E-state index in [1.807, 2.05) is 31.2 Å². The number of benzene rings is 1. The van der Waals surface area contributed by atoms with Gasteiger partial charge in [0.15, 0.2) is 11.3 Å². The van der Waals surface area contributed by atoms with E-state index in [-0.39, 0.29) is 11.3 Å². The van der Waals surface area contributed by atoms with Gasteiger partial charge in [-0.15, -0.1) is 0 Å². The molecular weight excluding hydrogens is 341 g/mol. The lowest BCUT2D eigenvalue weighted by Crippen LogP contribution is -2.13. The van der Waals surface area contributed by atoms with E-state index in [1.54, 1.807) is 18.2 Å². The van der Waals surface area contributed by atoms with Crippen molar-refractivity contribution in [3.05, 3.63) is 72.2 Å². The number of nitrogens with zero attached hydrogens (tertiary/aromatic N) is 4. The summed E-state index contributed by atoms with van der Waals surface area (Å²) in [6.07, 6.45) is -1.52. The van der Waals surface area contributed by atoms with Crippen molar-refractivity contribution in [2.45, 2.75) is 13.1 Å². The van der Waals surface area contributed by atoms with Crippen LogP contribution in [0.4, 0.5) is 13.2 Å². The van der Waals surface area contributed by atoms with Crippen molar-refractivity contribution in [1.82, 2.24) is 19.6 Å². The number of rotatable bonds is 2. The molecule has 26 heavy (non-hydrogen) atoms. The maximum Gasteiger partial charge on any atom is 0.433 e. The molecule has 0 atom stereocenters. The zero-order valence-electron chi connectivity index (χ0n) is 13.7. The van der Waals surface area contributed by atoms with Gasteiger partial charge in [0.1, 0.15) is 0 Å². The van der Waals surface area contributed by atoms with Crippen molar-refractivity contribution in [1.29, 1.82) is 0 Å². The van der Waals surface area contributed by atoms with Crippen molar-refractivity contribution in [2.75, 3.05) is 0 Å². The molecule has 0 unspecified atom stereocenters. The Morgan fingerprint density at radius 2 is 1.50 bits per heavy atom. The van der Waals surface area contributed by atoms with Gasteiger partial charge in [-0.1, -0.05) is 29.8 Å². The maximum absolute atomic E-state index is 13.6. The van der Waals surface area contributed by atoms with Crippen LogP contribution in [0.3, 0.4) is 0 Å². The number of pyridine rings is 1. The predicted octanol–water partition coefficient (Wildman–Crippen LogP) is 4.79. The Bertz CT molecular complexity index is 1070. The highest BCUT2D eigenvalue weighted by molar-refractivity contribution is 5.68. The fourth-order valence-electron chi connectivity index (χ4n) is 2.71. The molecule has 4 nitrogen and oxygen atoms in total. The molecule has 1 aromatic carbocycles. The highest BCUT2D eigenvalue weighted by atomic mass is 19.4. The van der Waals surface area contributed by atoms with E-state index in [9.17, 15) is 13.2 Å². The van der Waals surface area contributed by atoms with Crippen molar-refractivity contribution >= 4 is 5.65 Å². The van der Waals surface area contributed by atoms with Crippen LogP contribution in [0.15, 0.2) is 60.9 Å². The molecule has 0 saturated heterocycles. The Kier molecular flexibility index (Phi) is 3.72. The van der Waals surface area contributed by atoms with Crippen molar-refractivity contribution in [3.8, 4) is 22.5 Å². The number of hydrogen-bond acceptors (Lipinski definition) is 3. The minimum atomic E-state index is -4.56. The molecule has 3 aromatic heterocycles. The number of halogens is 3. The third kappa shape index (κ3) is 2.92. The first-order valence-electron chi connectivity index (χ1n) is 7.87. The average Bonchev–Trinajstić information content (AvgIpc) is 3.05. The van der Waals surface area contributed by atoms with E-state index >= 15 is 0 Å². The summed E-state index contributed by atoms with van der Waals surface area (Å²) in [5, 5.41) is 4.14. The smallest absolute Gasteiger partial charge is 0.265 e. The summed E-state index contributed by atoms with van der Waals surface area (Å²) >= 11 is 0. The Balaban J connectivity index is 1.94. The molecule has 0 radical (unpaired) electrons. The van der Waals surface area contributed by atoms with E-state index in [4.69, 9.17) is 0 Å². The molecular formula is C19H13F3N4. The topological polar surface area (TPSA) is 43.1 Å². The van der Waals surface area contributed by atoms with Crippen LogP contribution in [0.25, 0.3) is 28.2 Å². The van der Waals surface area contributed by atoms with Gasteiger partial charge in [-0.25, -0.2) is 9.50 Å². The summed E-state index contributed by atoms with van der Waals surface area (Å²) in [5.74, 6) is 0. The molecule has 0 saturated carbocycles. The monoisotopic (exact) mass is 354 g/mol. The molecule has 0 fully saturated rings. The van der Waals surface area contributed by atoms with E-state index < -0.39 is 11.9 Å². The molecule has 0 amide bonds. The van der Waals surface area contributed by atoms with Gasteiger partial charge in [0.2, 0.25) is 0 Å². The van der Waals surface area contributed by atoms with Gasteiger partial charge in [0, 0.05) is 29.6 Å². The van der Waals surface area contributed by atoms with Gasteiger partial charge in [0.05, 0.1) is 11.4 Å². The van der Waals surface area contributed by atoms with Crippen LogP contribution in [0, 0.1) is 6.92 Å². The molecule has 3 heterocycles. The Hall–Kier alpha value is -3.22. The van der Waals surface area contributed by atoms with Crippen molar-refractivity contribution in [2.24, 2.45) is 0 Å². The van der Waals surface area contributed by atoms with Crippen LogP contribution >= 0.6 is 0 Å². The highest BCUT2D eigenvalue weighted by Crippen LogP contribution is 2.33. The lowest BCUT2D eigenvalue weighted by molar-refractivity contribution is -0.142. The van der Waals surface area contributed by atoms with Gasteiger partial charge >= 0.3 is 6.18 Å². The van der Waals surface area contributed by atoms with Gasteiger partial charge in [-0.2, -0.15) is 18.3 Å². The highest BCUT2D eigenvalue weighted by Gasteiger charge is 2.35. The molecule has 7 heteroatoms. The molecule has 4 rings (SSSR count). The molecule has 4 aromatic rings. The molecule has 0 spiro atoms. The molecule has 130 valence electrons. The number of hydrogen-bond donors (Lipinski definition) is 0. The van der Waals surface area contributed by atoms with Crippen LogP contribution in [0.5, 0.6) is 0 Å². The minimum absolute atomic E-state index is 0.141.